The molecule has 20 heavy (non-hydrogen) atoms. The van der Waals surface area contributed by atoms with Crippen molar-refractivity contribution in [2.24, 2.45) is 0 Å². The first-order chi connectivity index (χ1) is 9.58. The van der Waals surface area contributed by atoms with E-state index in [1.165, 1.54) is 19.4 Å². The van der Waals surface area contributed by atoms with E-state index in [2.05, 4.69) is 15.6 Å². The van der Waals surface area contributed by atoms with Crippen LogP contribution >= 0.6 is 0 Å². The Morgan fingerprint density at radius 1 is 1.10 bits per heavy atom. The average molecular weight is 279 g/mol. The van der Waals surface area contributed by atoms with Gasteiger partial charge in [0.2, 0.25) is 5.88 Å². The highest BCUT2D eigenvalue weighted by Gasteiger charge is 2.06. The largest absolute Gasteiger partial charge is 0.481 e. The number of nitrogens with one attached hydrogen (secondary N) is 2. The van der Waals surface area contributed by atoms with E-state index in [4.69, 9.17) is 4.74 Å². The van der Waals surface area contributed by atoms with Crippen LogP contribution in [-0.2, 0) is 0 Å². The Labute approximate surface area is 113 Å². The first-order valence-electron chi connectivity index (χ1n) is 5.61. The average Bonchev–Trinajstić information content (AvgIpc) is 2.44. The lowest BCUT2D eigenvalue weighted by molar-refractivity contribution is 0.262. The number of halogens is 2. The maximum Gasteiger partial charge on any atom is 0.323 e. The maximum absolute atomic E-state index is 13.0. The van der Waals surface area contributed by atoms with Gasteiger partial charge in [0.1, 0.15) is 0 Å². The quantitative estimate of drug-likeness (QED) is 0.907. The third-order valence-electron chi connectivity index (χ3n) is 2.38. The maximum atomic E-state index is 13.0. The van der Waals surface area contributed by atoms with Gasteiger partial charge in [-0.3, -0.25) is 0 Å². The molecule has 0 saturated heterocycles. The zero-order valence-electron chi connectivity index (χ0n) is 10.5. The van der Waals surface area contributed by atoms with E-state index in [9.17, 15) is 13.6 Å². The normalized spacial score (nSPS) is 9.95. The molecule has 0 radical (unpaired) electrons. The Morgan fingerprint density at radius 2 is 1.80 bits per heavy atom. The van der Waals surface area contributed by atoms with Gasteiger partial charge in [-0.1, -0.05) is 0 Å². The van der Waals surface area contributed by atoms with Crippen molar-refractivity contribution in [2.45, 2.75) is 0 Å². The first-order valence-corrected chi connectivity index (χ1v) is 5.61. The molecule has 104 valence electrons. The van der Waals surface area contributed by atoms with Crippen LogP contribution in [0.2, 0.25) is 0 Å². The molecule has 2 aromatic rings. The summed E-state index contributed by atoms with van der Waals surface area (Å²) >= 11 is 0. The molecule has 1 aromatic carbocycles. The summed E-state index contributed by atoms with van der Waals surface area (Å²) < 4.78 is 30.6. The minimum Gasteiger partial charge on any atom is -0.481 e. The van der Waals surface area contributed by atoms with Gasteiger partial charge in [-0.2, -0.15) is 0 Å². The van der Waals surface area contributed by atoms with E-state index in [1.807, 2.05) is 0 Å². The molecule has 1 aromatic heterocycles. The van der Waals surface area contributed by atoms with Crippen LogP contribution in [0.15, 0.2) is 36.5 Å². The molecule has 2 rings (SSSR count). The van der Waals surface area contributed by atoms with Crippen LogP contribution in [0, 0.1) is 11.6 Å². The summed E-state index contributed by atoms with van der Waals surface area (Å²) in [6.45, 7) is 0. The third kappa shape index (κ3) is 3.41. The Morgan fingerprint density at radius 3 is 2.40 bits per heavy atom. The highest BCUT2D eigenvalue weighted by Crippen LogP contribution is 2.14. The predicted molar refractivity (Wildman–Crippen MR) is 69.8 cm³/mol. The van der Waals surface area contributed by atoms with E-state index < -0.39 is 17.7 Å². The number of hydrogen-bond acceptors (Lipinski definition) is 3. The number of ether oxygens (including phenoxy) is 1. The number of nitrogens with zero attached hydrogens (tertiary/aromatic N) is 1. The fraction of sp³-hybridized carbons (Fsp3) is 0.0769. The number of amides is 2. The Balaban J connectivity index is 1.99. The number of carbonyl (C=O) groups is 1. The third-order valence-corrected chi connectivity index (χ3v) is 2.38. The number of aromatic nitrogens is 1. The number of methoxy groups -OCH3 is 1. The van der Waals surface area contributed by atoms with Crippen molar-refractivity contribution in [1.29, 1.82) is 0 Å². The van der Waals surface area contributed by atoms with Crippen LogP contribution < -0.4 is 15.4 Å². The van der Waals surface area contributed by atoms with Crippen LogP contribution in [0.4, 0.5) is 25.0 Å². The van der Waals surface area contributed by atoms with Crippen molar-refractivity contribution >= 4 is 17.4 Å². The van der Waals surface area contributed by atoms with Gasteiger partial charge in [-0.15, -0.1) is 0 Å². The molecule has 7 heteroatoms. The summed E-state index contributed by atoms with van der Waals surface area (Å²) in [6, 6.07) is 5.65. The van der Waals surface area contributed by atoms with E-state index in [0.29, 0.717) is 11.6 Å². The summed E-state index contributed by atoms with van der Waals surface area (Å²) in [4.78, 5) is 15.5. The lowest BCUT2D eigenvalue weighted by Gasteiger charge is -2.08. The monoisotopic (exact) mass is 279 g/mol. The molecular weight excluding hydrogens is 268 g/mol. The fourth-order valence-electron chi connectivity index (χ4n) is 1.44. The van der Waals surface area contributed by atoms with Crippen LogP contribution in [0.5, 0.6) is 5.88 Å². The Hall–Kier alpha value is -2.70. The molecule has 0 atom stereocenters. The van der Waals surface area contributed by atoms with Crippen LogP contribution in [0.25, 0.3) is 0 Å². The number of urea groups is 1. The molecule has 0 bridgehead atoms. The van der Waals surface area contributed by atoms with Gasteiger partial charge in [-0.05, 0) is 18.2 Å². The van der Waals surface area contributed by atoms with Crippen LogP contribution in [0.3, 0.4) is 0 Å². The van der Waals surface area contributed by atoms with Crippen molar-refractivity contribution in [3.8, 4) is 5.88 Å². The molecule has 2 amide bonds. The van der Waals surface area contributed by atoms with Gasteiger partial charge in [0.05, 0.1) is 19.0 Å². The predicted octanol–water partition coefficient (Wildman–Crippen LogP) is 3.01. The number of anilines is 2. The summed E-state index contributed by atoms with van der Waals surface area (Å²) in [5, 5.41) is 4.86. The molecule has 0 unspecified atom stereocenters. The van der Waals surface area contributed by atoms with E-state index in [0.717, 1.165) is 12.1 Å². The standard InChI is InChI=1S/C13H11F2N3O2/c1-20-12-5-3-9(7-16-12)18-13(19)17-8-2-4-10(14)11(15)6-8/h2-7H,1H3,(H2,17,18,19). The zero-order valence-corrected chi connectivity index (χ0v) is 10.5. The molecule has 2 N–H and O–H groups in total. The molecular formula is C13H11F2N3O2. The highest BCUT2D eigenvalue weighted by molar-refractivity contribution is 5.99. The number of hydrogen-bond donors (Lipinski definition) is 2. The van der Waals surface area contributed by atoms with E-state index in [1.54, 1.807) is 12.1 Å². The van der Waals surface area contributed by atoms with Gasteiger partial charge in [-0.25, -0.2) is 18.6 Å². The molecule has 0 spiro atoms. The Kier molecular flexibility index (Phi) is 4.09. The lowest BCUT2D eigenvalue weighted by atomic mass is 10.3. The number of carbonyl (C=O) groups excluding carboxylic acids is 1. The summed E-state index contributed by atoms with van der Waals surface area (Å²) in [6.07, 6.45) is 1.41. The summed E-state index contributed by atoms with van der Waals surface area (Å²) in [7, 11) is 1.48. The molecule has 5 nitrogen and oxygen atoms in total. The Bertz CT molecular complexity index is 618. The van der Waals surface area contributed by atoms with E-state index in [-0.39, 0.29) is 5.69 Å². The minimum atomic E-state index is -1.03. The summed E-state index contributed by atoms with van der Waals surface area (Å²) in [5.74, 6) is -1.60. The van der Waals surface area contributed by atoms with Crippen LogP contribution in [-0.4, -0.2) is 18.1 Å². The van der Waals surface area contributed by atoms with Crippen molar-refractivity contribution in [2.75, 3.05) is 17.7 Å². The van der Waals surface area contributed by atoms with Crippen molar-refractivity contribution in [3.63, 3.8) is 0 Å². The SMILES string of the molecule is COc1ccc(NC(=O)Nc2ccc(F)c(F)c2)cn1. The van der Waals surface area contributed by atoms with Gasteiger partial charge in [0, 0.05) is 17.8 Å². The van der Waals surface area contributed by atoms with Gasteiger partial charge >= 0.3 is 6.03 Å². The van der Waals surface area contributed by atoms with Crippen molar-refractivity contribution < 1.29 is 18.3 Å². The van der Waals surface area contributed by atoms with Crippen molar-refractivity contribution in [1.82, 2.24) is 4.98 Å². The van der Waals surface area contributed by atoms with Gasteiger partial charge in [0.25, 0.3) is 0 Å². The highest BCUT2D eigenvalue weighted by atomic mass is 19.2. The number of benzene rings is 1. The smallest absolute Gasteiger partial charge is 0.323 e. The number of rotatable bonds is 3. The molecule has 0 aliphatic heterocycles. The second kappa shape index (κ2) is 5.96. The number of pyridine rings is 1. The minimum absolute atomic E-state index is 0.142. The zero-order chi connectivity index (χ0) is 14.5. The topological polar surface area (TPSA) is 63.2 Å². The molecule has 0 saturated carbocycles. The summed E-state index contributed by atoms with van der Waals surface area (Å²) in [5.41, 5.74) is 0.578. The fourth-order valence-corrected chi connectivity index (χ4v) is 1.44. The molecule has 0 aliphatic carbocycles. The molecule has 1 heterocycles. The van der Waals surface area contributed by atoms with Gasteiger partial charge < -0.3 is 15.4 Å². The van der Waals surface area contributed by atoms with Gasteiger partial charge in [0.15, 0.2) is 11.6 Å². The molecule has 0 fully saturated rings. The second-order valence-electron chi connectivity index (χ2n) is 3.80. The molecule has 0 aliphatic rings. The first kappa shape index (κ1) is 13.7. The van der Waals surface area contributed by atoms with Crippen LogP contribution in [0.1, 0.15) is 0 Å². The van der Waals surface area contributed by atoms with E-state index >= 15 is 0 Å². The van der Waals surface area contributed by atoms with Crippen molar-refractivity contribution in [3.05, 3.63) is 48.2 Å². The second-order valence-corrected chi connectivity index (χ2v) is 3.80. The lowest BCUT2D eigenvalue weighted by Crippen LogP contribution is -2.19.